The van der Waals surface area contributed by atoms with Crippen molar-refractivity contribution in [2.24, 2.45) is 11.8 Å². The van der Waals surface area contributed by atoms with E-state index in [1.54, 1.807) is 9.80 Å². The Balaban J connectivity index is 1.78. The highest BCUT2D eigenvalue weighted by molar-refractivity contribution is 5.87. The average Bonchev–Trinajstić information content (AvgIpc) is 2.94. The van der Waals surface area contributed by atoms with Crippen LogP contribution in [0.2, 0.25) is 0 Å². The fraction of sp³-hybridized carbons (Fsp3) is 0.824. The number of carbonyl (C=O) groups excluding carboxylic acids is 2. The molecule has 6 nitrogen and oxygen atoms in total. The SMILES string of the molecule is CC(=O)N1CCC[C@H](C(=O)N2[C@@H]3CCCC[C@H]3C[C@H]2C(=O)O)C1. The van der Waals surface area contributed by atoms with Crippen molar-refractivity contribution in [2.75, 3.05) is 13.1 Å². The van der Waals surface area contributed by atoms with Gasteiger partial charge in [0, 0.05) is 26.1 Å². The smallest absolute Gasteiger partial charge is 0.326 e. The number of likely N-dealkylation sites (tertiary alicyclic amines) is 2. The molecule has 2 aliphatic heterocycles. The summed E-state index contributed by atoms with van der Waals surface area (Å²) in [7, 11) is 0. The minimum atomic E-state index is -0.882. The largest absolute Gasteiger partial charge is 0.480 e. The molecule has 0 unspecified atom stereocenters. The second kappa shape index (κ2) is 6.49. The lowest BCUT2D eigenvalue weighted by Gasteiger charge is -2.38. The molecule has 6 heteroatoms. The third-order valence-electron chi connectivity index (χ3n) is 5.84. The van der Waals surface area contributed by atoms with Gasteiger partial charge in [-0.3, -0.25) is 9.59 Å². The minimum absolute atomic E-state index is 0.00532. The van der Waals surface area contributed by atoms with Gasteiger partial charge in [0.05, 0.1) is 5.92 Å². The van der Waals surface area contributed by atoms with E-state index in [2.05, 4.69) is 0 Å². The average molecular weight is 322 g/mol. The molecule has 1 aliphatic carbocycles. The maximum Gasteiger partial charge on any atom is 0.326 e. The molecule has 2 saturated heterocycles. The monoisotopic (exact) mass is 322 g/mol. The van der Waals surface area contributed by atoms with E-state index in [1.165, 1.54) is 6.92 Å². The van der Waals surface area contributed by atoms with Gasteiger partial charge >= 0.3 is 5.97 Å². The highest BCUT2D eigenvalue weighted by Crippen LogP contribution is 2.41. The third-order valence-corrected chi connectivity index (χ3v) is 5.84. The summed E-state index contributed by atoms with van der Waals surface area (Å²) in [5, 5.41) is 9.56. The summed E-state index contributed by atoms with van der Waals surface area (Å²) in [4.78, 5) is 39.7. The summed E-state index contributed by atoms with van der Waals surface area (Å²) in [5.41, 5.74) is 0. The first-order valence-corrected chi connectivity index (χ1v) is 8.79. The Hall–Kier alpha value is -1.59. The molecular formula is C17H26N2O4. The van der Waals surface area contributed by atoms with Gasteiger partial charge in [0.2, 0.25) is 11.8 Å². The van der Waals surface area contributed by atoms with Crippen LogP contribution >= 0.6 is 0 Å². The molecule has 3 rings (SSSR count). The Morgan fingerprint density at radius 1 is 1.04 bits per heavy atom. The topological polar surface area (TPSA) is 77.9 Å². The van der Waals surface area contributed by atoms with Crippen LogP contribution in [0.5, 0.6) is 0 Å². The zero-order valence-corrected chi connectivity index (χ0v) is 13.7. The summed E-state index contributed by atoms with van der Waals surface area (Å²) in [6.07, 6.45) is 6.32. The second-order valence-electron chi connectivity index (χ2n) is 7.25. The van der Waals surface area contributed by atoms with E-state index in [9.17, 15) is 19.5 Å². The van der Waals surface area contributed by atoms with Gasteiger partial charge in [0.25, 0.3) is 0 Å². The number of rotatable bonds is 2. The molecule has 2 amide bonds. The molecule has 0 aromatic rings. The molecule has 0 aromatic carbocycles. The number of carboxylic acids is 1. The lowest BCUT2D eigenvalue weighted by atomic mass is 9.84. The van der Waals surface area contributed by atoms with Gasteiger partial charge in [0.1, 0.15) is 6.04 Å². The van der Waals surface area contributed by atoms with Crippen molar-refractivity contribution >= 4 is 17.8 Å². The molecule has 0 aromatic heterocycles. The number of amides is 2. The first-order valence-electron chi connectivity index (χ1n) is 8.79. The fourth-order valence-electron chi connectivity index (χ4n) is 4.67. The van der Waals surface area contributed by atoms with E-state index in [0.29, 0.717) is 25.4 Å². The van der Waals surface area contributed by atoms with E-state index in [0.717, 1.165) is 38.5 Å². The fourth-order valence-corrected chi connectivity index (χ4v) is 4.67. The third kappa shape index (κ3) is 3.08. The molecular weight excluding hydrogens is 296 g/mol. The number of carboxylic acid groups (broad SMARTS) is 1. The zero-order valence-electron chi connectivity index (χ0n) is 13.7. The van der Waals surface area contributed by atoms with E-state index in [1.807, 2.05) is 0 Å². The van der Waals surface area contributed by atoms with E-state index in [4.69, 9.17) is 0 Å². The Morgan fingerprint density at radius 3 is 2.48 bits per heavy atom. The predicted octanol–water partition coefficient (Wildman–Crippen LogP) is 1.49. The summed E-state index contributed by atoms with van der Waals surface area (Å²) in [6, 6.07) is -0.589. The molecule has 3 aliphatic rings. The Morgan fingerprint density at radius 2 is 1.78 bits per heavy atom. The normalized spacial score (nSPS) is 34.1. The van der Waals surface area contributed by atoms with Gasteiger partial charge in [0.15, 0.2) is 0 Å². The van der Waals surface area contributed by atoms with Gasteiger partial charge in [-0.1, -0.05) is 12.8 Å². The predicted molar refractivity (Wildman–Crippen MR) is 83.6 cm³/mol. The summed E-state index contributed by atoms with van der Waals surface area (Å²) in [5.74, 6) is -0.838. The molecule has 2 heterocycles. The lowest BCUT2D eigenvalue weighted by Crippen LogP contribution is -2.52. The maximum absolute atomic E-state index is 13.1. The molecule has 23 heavy (non-hydrogen) atoms. The van der Waals surface area contributed by atoms with Gasteiger partial charge in [-0.05, 0) is 38.0 Å². The minimum Gasteiger partial charge on any atom is -0.480 e. The van der Waals surface area contributed by atoms with Crippen molar-refractivity contribution in [3.63, 3.8) is 0 Å². The maximum atomic E-state index is 13.1. The zero-order chi connectivity index (χ0) is 16.6. The molecule has 1 N–H and O–H groups in total. The standard InChI is InChI=1S/C17H26N2O4/c1-11(20)18-8-4-6-13(10-18)16(21)19-14-7-3-2-5-12(14)9-15(19)17(22)23/h12-15H,2-10H2,1H3,(H,22,23)/t12-,13-,14+,15-/m0/s1. The highest BCUT2D eigenvalue weighted by Gasteiger charge is 2.49. The second-order valence-corrected chi connectivity index (χ2v) is 7.25. The number of aliphatic carboxylic acids is 1. The number of hydrogen-bond acceptors (Lipinski definition) is 3. The van der Waals surface area contributed by atoms with Crippen LogP contribution in [0.3, 0.4) is 0 Å². The van der Waals surface area contributed by atoms with Crippen LogP contribution in [0.25, 0.3) is 0 Å². The number of carbonyl (C=O) groups is 3. The van der Waals surface area contributed by atoms with Gasteiger partial charge < -0.3 is 14.9 Å². The van der Waals surface area contributed by atoms with Crippen LogP contribution in [-0.2, 0) is 14.4 Å². The van der Waals surface area contributed by atoms with E-state index < -0.39 is 12.0 Å². The van der Waals surface area contributed by atoms with Crippen LogP contribution in [0, 0.1) is 11.8 Å². The Bertz CT molecular complexity index is 507. The molecule has 0 radical (unpaired) electrons. The molecule has 3 fully saturated rings. The van der Waals surface area contributed by atoms with Crippen molar-refractivity contribution in [1.82, 2.24) is 9.80 Å². The van der Waals surface area contributed by atoms with Gasteiger partial charge in [-0.15, -0.1) is 0 Å². The van der Waals surface area contributed by atoms with Crippen molar-refractivity contribution < 1.29 is 19.5 Å². The molecule has 128 valence electrons. The summed E-state index contributed by atoms with van der Waals surface area (Å²) in [6.45, 7) is 2.67. The first kappa shape index (κ1) is 16.3. The van der Waals surface area contributed by atoms with Crippen molar-refractivity contribution in [1.29, 1.82) is 0 Å². The number of nitrogens with zero attached hydrogens (tertiary/aromatic N) is 2. The molecule has 4 atom stereocenters. The number of hydrogen-bond donors (Lipinski definition) is 1. The Labute approximate surface area is 136 Å². The van der Waals surface area contributed by atoms with E-state index in [-0.39, 0.29) is 23.8 Å². The first-order chi connectivity index (χ1) is 11.0. The Kier molecular flexibility index (Phi) is 4.60. The lowest BCUT2D eigenvalue weighted by molar-refractivity contribution is -0.153. The van der Waals surface area contributed by atoms with Crippen LogP contribution < -0.4 is 0 Å². The molecule has 0 spiro atoms. The van der Waals surface area contributed by atoms with Crippen LogP contribution in [0.4, 0.5) is 0 Å². The van der Waals surface area contributed by atoms with Gasteiger partial charge in [-0.2, -0.15) is 0 Å². The van der Waals surface area contributed by atoms with Gasteiger partial charge in [-0.25, -0.2) is 4.79 Å². The van der Waals surface area contributed by atoms with Crippen LogP contribution in [0.15, 0.2) is 0 Å². The summed E-state index contributed by atoms with van der Waals surface area (Å²) >= 11 is 0. The number of piperidine rings is 1. The summed E-state index contributed by atoms with van der Waals surface area (Å²) < 4.78 is 0. The van der Waals surface area contributed by atoms with Crippen LogP contribution in [-0.4, -0.2) is 57.9 Å². The van der Waals surface area contributed by atoms with E-state index >= 15 is 0 Å². The van der Waals surface area contributed by atoms with Crippen molar-refractivity contribution in [3.8, 4) is 0 Å². The van der Waals surface area contributed by atoms with Crippen molar-refractivity contribution in [3.05, 3.63) is 0 Å². The number of fused-ring (bicyclic) bond motifs is 1. The molecule has 0 bridgehead atoms. The quantitative estimate of drug-likeness (QED) is 0.835. The highest BCUT2D eigenvalue weighted by atomic mass is 16.4. The molecule has 1 saturated carbocycles. The van der Waals surface area contributed by atoms with Crippen molar-refractivity contribution in [2.45, 2.75) is 64.0 Å². The van der Waals surface area contributed by atoms with Crippen LogP contribution in [0.1, 0.15) is 51.9 Å².